The molecule has 0 aliphatic rings. The molecule has 0 saturated heterocycles. The number of aryl methyl sites for hydroxylation is 1. The molecule has 1 unspecified atom stereocenters. The maximum atomic E-state index is 5.80. The molecular formula is C12H18N2. The topological polar surface area (TPSA) is 52.0 Å². The highest BCUT2D eigenvalue weighted by molar-refractivity contribution is 5.38. The van der Waals surface area contributed by atoms with Crippen molar-refractivity contribution in [1.29, 1.82) is 0 Å². The molecule has 0 bridgehead atoms. The van der Waals surface area contributed by atoms with Gasteiger partial charge in [-0.2, -0.15) is 0 Å². The molecule has 1 atom stereocenters. The van der Waals surface area contributed by atoms with Crippen LogP contribution in [-0.4, -0.2) is 0 Å². The molecular weight excluding hydrogens is 172 g/mol. The van der Waals surface area contributed by atoms with Gasteiger partial charge in [0.1, 0.15) is 0 Å². The van der Waals surface area contributed by atoms with E-state index < -0.39 is 0 Å². The third kappa shape index (κ3) is 1.90. The Labute approximate surface area is 85.6 Å². The van der Waals surface area contributed by atoms with E-state index in [4.69, 9.17) is 11.5 Å². The van der Waals surface area contributed by atoms with E-state index in [-0.39, 0.29) is 5.92 Å². The van der Waals surface area contributed by atoms with Gasteiger partial charge in [-0.1, -0.05) is 25.1 Å². The van der Waals surface area contributed by atoms with Crippen molar-refractivity contribution < 1.29 is 0 Å². The van der Waals surface area contributed by atoms with Crippen LogP contribution in [0.5, 0.6) is 0 Å². The standard InChI is InChI=1S/C12H18N2/c1-8-5-4-6-11(9(8)2)10(3)12(14)7-13/h4-7,10H,13-14H2,1-3H3/b12-7-. The van der Waals surface area contributed by atoms with Gasteiger partial charge >= 0.3 is 0 Å². The summed E-state index contributed by atoms with van der Waals surface area (Å²) in [7, 11) is 0. The molecule has 0 fully saturated rings. The van der Waals surface area contributed by atoms with Crippen molar-refractivity contribution in [1.82, 2.24) is 0 Å². The molecule has 0 aliphatic carbocycles. The summed E-state index contributed by atoms with van der Waals surface area (Å²) in [6.07, 6.45) is 1.48. The van der Waals surface area contributed by atoms with Gasteiger partial charge in [-0.3, -0.25) is 0 Å². The summed E-state index contributed by atoms with van der Waals surface area (Å²) in [5, 5.41) is 0. The molecule has 14 heavy (non-hydrogen) atoms. The predicted octanol–water partition coefficient (Wildman–Crippen LogP) is 2.17. The lowest BCUT2D eigenvalue weighted by molar-refractivity contribution is 0.860. The Morgan fingerprint density at radius 1 is 1.36 bits per heavy atom. The molecule has 0 heterocycles. The molecule has 76 valence electrons. The minimum absolute atomic E-state index is 0.194. The summed E-state index contributed by atoms with van der Waals surface area (Å²) in [6.45, 7) is 6.29. The van der Waals surface area contributed by atoms with Gasteiger partial charge in [-0.15, -0.1) is 0 Å². The first kappa shape index (κ1) is 10.6. The first-order valence-corrected chi connectivity index (χ1v) is 4.81. The van der Waals surface area contributed by atoms with E-state index in [0.29, 0.717) is 0 Å². The second-order valence-electron chi connectivity index (χ2n) is 3.68. The Morgan fingerprint density at radius 3 is 2.57 bits per heavy atom. The number of hydrogen-bond acceptors (Lipinski definition) is 2. The average molecular weight is 190 g/mol. The number of benzene rings is 1. The third-order valence-corrected chi connectivity index (χ3v) is 2.81. The molecule has 4 N–H and O–H groups in total. The first-order valence-electron chi connectivity index (χ1n) is 4.81. The van der Waals surface area contributed by atoms with Gasteiger partial charge in [0, 0.05) is 17.8 Å². The smallest absolute Gasteiger partial charge is 0.0311 e. The molecule has 0 radical (unpaired) electrons. The van der Waals surface area contributed by atoms with Crippen LogP contribution in [0.3, 0.4) is 0 Å². The highest BCUT2D eigenvalue weighted by Gasteiger charge is 2.11. The molecule has 0 aliphatic heterocycles. The average Bonchev–Trinajstić information content (AvgIpc) is 2.20. The first-order chi connectivity index (χ1) is 6.57. The lowest BCUT2D eigenvalue weighted by atomic mass is 9.92. The van der Waals surface area contributed by atoms with Crippen LogP contribution in [-0.2, 0) is 0 Å². The van der Waals surface area contributed by atoms with E-state index in [1.807, 2.05) is 0 Å². The minimum Gasteiger partial charge on any atom is -0.403 e. The van der Waals surface area contributed by atoms with E-state index in [1.165, 1.54) is 22.9 Å². The molecule has 1 aromatic carbocycles. The molecule has 2 heteroatoms. The normalized spacial score (nSPS) is 14.1. The molecule has 2 nitrogen and oxygen atoms in total. The zero-order chi connectivity index (χ0) is 10.7. The van der Waals surface area contributed by atoms with E-state index in [1.54, 1.807) is 0 Å². The number of rotatable bonds is 2. The van der Waals surface area contributed by atoms with E-state index in [2.05, 4.69) is 39.0 Å². The summed E-state index contributed by atoms with van der Waals surface area (Å²) in [5.74, 6) is 0.194. The lowest BCUT2D eigenvalue weighted by Gasteiger charge is -2.16. The zero-order valence-corrected chi connectivity index (χ0v) is 9.04. The van der Waals surface area contributed by atoms with Gasteiger partial charge in [0.2, 0.25) is 0 Å². The highest BCUT2D eigenvalue weighted by Crippen LogP contribution is 2.25. The van der Waals surface area contributed by atoms with Gasteiger partial charge in [-0.25, -0.2) is 0 Å². The predicted molar refractivity (Wildman–Crippen MR) is 60.8 cm³/mol. The van der Waals surface area contributed by atoms with Gasteiger partial charge in [0.15, 0.2) is 0 Å². The van der Waals surface area contributed by atoms with Crippen LogP contribution in [0.25, 0.3) is 0 Å². The Hall–Kier alpha value is -1.44. The third-order valence-electron chi connectivity index (χ3n) is 2.81. The lowest BCUT2D eigenvalue weighted by Crippen LogP contribution is -2.10. The maximum Gasteiger partial charge on any atom is 0.0311 e. The molecule has 1 aromatic rings. The Kier molecular flexibility index (Phi) is 3.18. The molecule has 0 spiro atoms. The summed E-state index contributed by atoms with van der Waals surface area (Å²) in [5.41, 5.74) is 15.8. The quantitative estimate of drug-likeness (QED) is 0.751. The molecule has 0 saturated carbocycles. The molecule has 0 aromatic heterocycles. The summed E-state index contributed by atoms with van der Waals surface area (Å²) in [4.78, 5) is 0. The van der Waals surface area contributed by atoms with E-state index in [0.717, 1.165) is 5.70 Å². The van der Waals surface area contributed by atoms with E-state index >= 15 is 0 Å². The van der Waals surface area contributed by atoms with Gasteiger partial charge < -0.3 is 11.5 Å². The maximum absolute atomic E-state index is 5.80. The number of hydrogen-bond donors (Lipinski definition) is 2. The van der Waals surface area contributed by atoms with Crippen molar-refractivity contribution >= 4 is 0 Å². The van der Waals surface area contributed by atoms with Crippen LogP contribution in [0.1, 0.15) is 29.5 Å². The van der Waals surface area contributed by atoms with Crippen molar-refractivity contribution in [3.05, 3.63) is 46.8 Å². The van der Waals surface area contributed by atoms with Crippen LogP contribution in [0, 0.1) is 13.8 Å². The monoisotopic (exact) mass is 190 g/mol. The SMILES string of the molecule is Cc1cccc(C(C)/C(N)=C/N)c1C. The van der Waals surface area contributed by atoms with Crippen LogP contribution in [0.15, 0.2) is 30.1 Å². The van der Waals surface area contributed by atoms with Crippen LogP contribution < -0.4 is 11.5 Å². The van der Waals surface area contributed by atoms with E-state index in [9.17, 15) is 0 Å². The van der Waals surface area contributed by atoms with Crippen molar-refractivity contribution in [2.45, 2.75) is 26.7 Å². The number of allylic oxidation sites excluding steroid dienone is 1. The van der Waals surface area contributed by atoms with Crippen molar-refractivity contribution in [3.8, 4) is 0 Å². The zero-order valence-electron chi connectivity index (χ0n) is 9.04. The van der Waals surface area contributed by atoms with Crippen LogP contribution in [0.4, 0.5) is 0 Å². The Morgan fingerprint density at radius 2 is 2.00 bits per heavy atom. The fourth-order valence-electron chi connectivity index (χ4n) is 1.57. The minimum atomic E-state index is 0.194. The summed E-state index contributed by atoms with van der Waals surface area (Å²) < 4.78 is 0. The summed E-state index contributed by atoms with van der Waals surface area (Å²) in [6, 6.07) is 6.26. The van der Waals surface area contributed by atoms with Crippen molar-refractivity contribution in [3.63, 3.8) is 0 Å². The highest BCUT2D eigenvalue weighted by atomic mass is 14.6. The fraction of sp³-hybridized carbons (Fsp3) is 0.333. The van der Waals surface area contributed by atoms with Crippen molar-refractivity contribution in [2.24, 2.45) is 11.5 Å². The van der Waals surface area contributed by atoms with Crippen LogP contribution >= 0.6 is 0 Å². The largest absolute Gasteiger partial charge is 0.403 e. The second kappa shape index (κ2) is 4.18. The molecule has 0 amide bonds. The Balaban J connectivity index is 3.13. The molecule has 1 rings (SSSR count). The van der Waals surface area contributed by atoms with Gasteiger partial charge in [0.05, 0.1) is 0 Å². The van der Waals surface area contributed by atoms with Gasteiger partial charge in [0.25, 0.3) is 0 Å². The van der Waals surface area contributed by atoms with Crippen LogP contribution in [0.2, 0.25) is 0 Å². The fourth-order valence-corrected chi connectivity index (χ4v) is 1.57. The van der Waals surface area contributed by atoms with Crippen molar-refractivity contribution in [2.75, 3.05) is 0 Å². The Bertz CT molecular complexity index is 353. The second-order valence-corrected chi connectivity index (χ2v) is 3.68. The summed E-state index contributed by atoms with van der Waals surface area (Å²) >= 11 is 0. The number of nitrogens with two attached hydrogens (primary N) is 2. The van der Waals surface area contributed by atoms with Gasteiger partial charge in [-0.05, 0) is 30.5 Å².